The largest absolute Gasteiger partial charge is 0.358 e. The Morgan fingerprint density at radius 3 is 2.52 bits per heavy atom. The van der Waals surface area contributed by atoms with Crippen LogP contribution in [0.1, 0.15) is 19.3 Å². The predicted molar refractivity (Wildman–Crippen MR) is 94.6 cm³/mol. The number of carbonyl (C=O) groups excluding carboxylic acids is 2. The number of carbonyl (C=O) groups is 2. The van der Waals surface area contributed by atoms with Crippen LogP contribution in [0.4, 0.5) is 0 Å². The van der Waals surface area contributed by atoms with Crippen LogP contribution in [0.2, 0.25) is 0 Å². The lowest BCUT2D eigenvalue weighted by atomic mass is 10.2. The normalized spacial score (nSPS) is 15.6. The minimum absolute atomic E-state index is 0.0731. The minimum atomic E-state index is -3.49. The van der Waals surface area contributed by atoms with E-state index < -0.39 is 10.0 Å². The highest BCUT2D eigenvalue weighted by molar-refractivity contribution is 7.99. The van der Waals surface area contributed by atoms with Crippen LogP contribution in [0.15, 0.2) is 28.3 Å². The average molecular weight is 386 g/mol. The van der Waals surface area contributed by atoms with Crippen molar-refractivity contribution in [3.8, 4) is 0 Å². The Morgan fingerprint density at radius 1 is 1.20 bits per heavy atom. The van der Waals surface area contributed by atoms with Gasteiger partial charge < -0.3 is 10.6 Å². The van der Waals surface area contributed by atoms with Crippen LogP contribution in [-0.2, 0) is 19.6 Å². The lowest BCUT2D eigenvalue weighted by Crippen LogP contribution is -2.36. The number of piperidine rings is 1. The van der Waals surface area contributed by atoms with E-state index in [2.05, 4.69) is 15.6 Å². The molecule has 1 fully saturated rings. The van der Waals surface area contributed by atoms with Crippen molar-refractivity contribution >= 4 is 33.6 Å². The van der Waals surface area contributed by atoms with Crippen molar-refractivity contribution in [3.05, 3.63) is 18.3 Å². The molecule has 0 bridgehead atoms. The summed E-state index contributed by atoms with van der Waals surface area (Å²) in [6.45, 7) is 1.02. The lowest BCUT2D eigenvalue weighted by molar-refractivity contribution is -0.124. The summed E-state index contributed by atoms with van der Waals surface area (Å²) in [5, 5.41) is 5.44. The van der Waals surface area contributed by atoms with Gasteiger partial charge in [-0.25, -0.2) is 13.4 Å². The highest BCUT2D eigenvalue weighted by Gasteiger charge is 2.26. The zero-order valence-electron chi connectivity index (χ0n) is 14.0. The third kappa shape index (κ3) is 5.68. The molecule has 10 heteroatoms. The van der Waals surface area contributed by atoms with Crippen LogP contribution in [0, 0.1) is 0 Å². The van der Waals surface area contributed by atoms with Crippen LogP contribution in [-0.4, -0.2) is 62.0 Å². The highest BCUT2D eigenvalue weighted by atomic mass is 32.2. The molecule has 25 heavy (non-hydrogen) atoms. The zero-order valence-corrected chi connectivity index (χ0v) is 15.7. The maximum absolute atomic E-state index is 12.5. The molecule has 0 atom stereocenters. The van der Waals surface area contributed by atoms with Gasteiger partial charge in [-0.2, -0.15) is 4.31 Å². The number of likely N-dealkylation sites (N-methyl/N-ethyl adjacent to an activating group) is 1. The third-order valence-electron chi connectivity index (χ3n) is 3.74. The number of nitrogens with one attached hydrogen (secondary N) is 2. The molecule has 0 aliphatic carbocycles. The number of amides is 2. The number of hydrogen-bond donors (Lipinski definition) is 2. The summed E-state index contributed by atoms with van der Waals surface area (Å²) < 4.78 is 26.5. The van der Waals surface area contributed by atoms with E-state index in [9.17, 15) is 18.0 Å². The molecule has 1 aromatic heterocycles. The molecule has 1 aromatic rings. The fraction of sp³-hybridized carbons (Fsp3) is 0.533. The fourth-order valence-electron chi connectivity index (χ4n) is 2.32. The molecule has 1 aliphatic heterocycles. The molecule has 1 aliphatic rings. The van der Waals surface area contributed by atoms with Gasteiger partial charge in [-0.1, -0.05) is 18.2 Å². The lowest BCUT2D eigenvalue weighted by Gasteiger charge is -2.25. The first-order chi connectivity index (χ1) is 11.9. The molecule has 0 aromatic carbocycles. The Balaban J connectivity index is 1.89. The number of rotatable bonds is 7. The van der Waals surface area contributed by atoms with Gasteiger partial charge in [-0.15, -0.1) is 0 Å². The van der Waals surface area contributed by atoms with Gasteiger partial charge in [0.25, 0.3) is 0 Å². The predicted octanol–water partition coefficient (Wildman–Crippen LogP) is 0.211. The Morgan fingerprint density at radius 2 is 1.92 bits per heavy atom. The molecular weight excluding hydrogens is 364 g/mol. The molecule has 0 unspecified atom stereocenters. The van der Waals surface area contributed by atoms with Gasteiger partial charge in [0.15, 0.2) is 0 Å². The van der Waals surface area contributed by atoms with Gasteiger partial charge in [0.2, 0.25) is 21.8 Å². The first-order valence-electron chi connectivity index (χ1n) is 8.00. The van der Waals surface area contributed by atoms with Crippen molar-refractivity contribution < 1.29 is 18.0 Å². The molecule has 0 radical (unpaired) electrons. The topological polar surface area (TPSA) is 108 Å². The first-order valence-corrected chi connectivity index (χ1v) is 10.4. The van der Waals surface area contributed by atoms with E-state index >= 15 is 0 Å². The maximum atomic E-state index is 12.5. The molecule has 2 heterocycles. The van der Waals surface area contributed by atoms with Crippen LogP contribution in [0.5, 0.6) is 0 Å². The monoisotopic (exact) mass is 386 g/mol. The second kappa shape index (κ2) is 9.16. The van der Waals surface area contributed by atoms with Crippen LogP contribution < -0.4 is 10.6 Å². The average Bonchev–Trinajstić information content (AvgIpc) is 2.65. The zero-order chi connectivity index (χ0) is 18.3. The smallest absolute Gasteiger partial charge is 0.244 e. The highest BCUT2D eigenvalue weighted by Crippen LogP contribution is 2.22. The molecule has 138 valence electrons. The SMILES string of the molecule is CNC(=O)CNC(=O)CSc1ccc(S(=O)(=O)N2CCCCC2)cn1. The van der Waals surface area contributed by atoms with Crippen molar-refractivity contribution in [3.63, 3.8) is 0 Å². The standard InChI is InChI=1S/C15H22N4O4S2/c1-16-13(20)10-17-14(21)11-24-15-6-5-12(9-18-15)25(22,23)19-7-3-2-4-8-19/h5-6,9H,2-4,7-8,10-11H2,1H3,(H,16,20)(H,17,21). The van der Waals surface area contributed by atoms with Crippen LogP contribution in [0.3, 0.4) is 0 Å². The Kier molecular flexibility index (Phi) is 7.21. The van der Waals surface area contributed by atoms with Gasteiger partial charge in [0.05, 0.1) is 17.3 Å². The Hall–Kier alpha value is -1.65. The molecule has 1 saturated heterocycles. The molecule has 2 N–H and O–H groups in total. The molecule has 2 amide bonds. The second-order valence-corrected chi connectivity index (χ2v) is 8.47. The van der Waals surface area contributed by atoms with Gasteiger partial charge in [-0.3, -0.25) is 9.59 Å². The van der Waals surface area contributed by atoms with Crippen LogP contribution in [0.25, 0.3) is 0 Å². The molecule has 0 spiro atoms. The number of thioether (sulfide) groups is 1. The van der Waals surface area contributed by atoms with Gasteiger partial charge >= 0.3 is 0 Å². The first kappa shape index (κ1) is 19.7. The van der Waals surface area contributed by atoms with Crippen molar-refractivity contribution in [2.45, 2.75) is 29.2 Å². The second-order valence-electron chi connectivity index (χ2n) is 5.54. The van der Waals surface area contributed by atoms with E-state index in [1.54, 1.807) is 6.07 Å². The van der Waals surface area contributed by atoms with E-state index in [4.69, 9.17) is 0 Å². The van der Waals surface area contributed by atoms with Crippen molar-refractivity contribution in [2.75, 3.05) is 32.4 Å². The van der Waals surface area contributed by atoms with E-state index in [1.807, 2.05) is 0 Å². The molecular formula is C15H22N4O4S2. The van der Waals surface area contributed by atoms with E-state index in [0.717, 1.165) is 19.3 Å². The maximum Gasteiger partial charge on any atom is 0.244 e. The third-order valence-corrected chi connectivity index (χ3v) is 6.56. The summed E-state index contributed by atoms with van der Waals surface area (Å²) in [6.07, 6.45) is 4.15. The summed E-state index contributed by atoms with van der Waals surface area (Å²) in [5.41, 5.74) is 0. The Bertz CT molecular complexity index is 701. The molecule has 0 saturated carbocycles. The summed E-state index contributed by atoms with van der Waals surface area (Å²) in [7, 11) is -2.00. The van der Waals surface area contributed by atoms with Crippen molar-refractivity contribution in [1.82, 2.24) is 19.9 Å². The van der Waals surface area contributed by atoms with E-state index in [0.29, 0.717) is 18.1 Å². The van der Waals surface area contributed by atoms with Crippen LogP contribution >= 0.6 is 11.8 Å². The summed E-state index contributed by atoms with van der Waals surface area (Å²) in [6, 6.07) is 3.11. The number of aromatic nitrogens is 1. The number of pyridine rings is 1. The van der Waals surface area contributed by atoms with E-state index in [1.165, 1.54) is 35.4 Å². The Labute approximate surface area is 151 Å². The van der Waals surface area contributed by atoms with Crippen molar-refractivity contribution in [2.24, 2.45) is 0 Å². The number of nitrogens with zero attached hydrogens (tertiary/aromatic N) is 2. The van der Waals surface area contributed by atoms with Gasteiger partial charge in [0.1, 0.15) is 4.90 Å². The summed E-state index contributed by atoms with van der Waals surface area (Å²) in [4.78, 5) is 27.0. The van der Waals surface area contributed by atoms with E-state index in [-0.39, 0.29) is 29.0 Å². The summed E-state index contributed by atoms with van der Waals surface area (Å²) >= 11 is 1.18. The molecule has 8 nitrogen and oxygen atoms in total. The fourth-order valence-corrected chi connectivity index (χ4v) is 4.45. The van der Waals surface area contributed by atoms with Crippen molar-refractivity contribution in [1.29, 1.82) is 0 Å². The quantitative estimate of drug-likeness (QED) is 0.649. The molecule has 2 rings (SSSR count). The minimum Gasteiger partial charge on any atom is -0.358 e. The number of sulfonamides is 1. The van der Waals surface area contributed by atoms with Gasteiger partial charge in [-0.05, 0) is 25.0 Å². The summed E-state index contributed by atoms with van der Waals surface area (Å²) in [5.74, 6) is -0.466. The number of hydrogen-bond acceptors (Lipinski definition) is 6. The van der Waals surface area contributed by atoms with Gasteiger partial charge in [0, 0.05) is 26.3 Å².